The van der Waals surface area contributed by atoms with Gasteiger partial charge in [0.05, 0.1) is 27.5 Å². The average Bonchev–Trinajstić information content (AvgIpc) is 3.14. The van der Waals surface area contributed by atoms with Gasteiger partial charge in [-0.25, -0.2) is 9.48 Å². The number of hydrogen-bond acceptors (Lipinski definition) is 4. The number of para-hydroxylation sites is 1. The zero-order valence-electron chi connectivity index (χ0n) is 15.4. The number of nitrogens with zero attached hydrogens (tertiary/aromatic N) is 3. The number of hydrogen-bond donors (Lipinski definition) is 1. The average molecular weight is 422 g/mol. The Kier molecular flexibility index (Phi) is 5.38. The molecule has 0 bridgehead atoms. The van der Waals surface area contributed by atoms with E-state index in [4.69, 9.17) is 16.7 Å². The van der Waals surface area contributed by atoms with Crippen LogP contribution in [0.1, 0.15) is 16.1 Å². The van der Waals surface area contributed by atoms with Crippen molar-refractivity contribution in [1.29, 1.82) is 0 Å². The summed E-state index contributed by atoms with van der Waals surface area (Å²) >= 11 is 7.55. The van der Waals surface area contributed by atoms with E-state index in [1.165, 1.54) is 0 Å². The summed E-state index contributed by atoms with van der Waals surface area (Å²) in [5.74, 6) is -0.993. The number of carboxylic acid groups (broad SMARTS) is 1. The SMILES string of the molecule is Cc1nc(-c2nn(-c3ccccc3)cc2Sc2ccc(Cl)cc2)ccc1C(=O)O. The van der Waals surface area contributed by atoms with Gasteiger partial charge in [-0.3, -0.25) is 4.98 Å². The Morgan fingerprint density at radius 3 is 2.41 bits per heavy atom. The van der Waals surface area contributed by atoms with Gasteiger partial charge in [-0.15, -0.1) is 0 Å². The number of carbonyl (C=O) groups is 1. The molecule has 4 aromatic rings. The fourth-order valence-electron chi connectivity index (χ4n) is 2.87. The summed E-state index contributed by atoms with van der Waals surface area (Å²) in [6.45, 7) is 1.69. The number of aromatic nitrogens is 3. The van der Waals surface area contributed by atoms with Gasteiger partial charge in [-0.2, -0.15) is 5.10 Å². The van der Waals surface area contributed by atoms with Crippen LogP contribution in [-0.4, -0.2) is 25.8 Å². The number of rotatable bonds is 5. The van der Waals surface area contributed by atoms with Gasteiger partial charge in [0.25, 0.3) is 0 Å². The van der Waals surface area contributed by atoms with Crippen molar-refractivity contribution in [1.82, 2.24) is 14.8 Å². The minimum atomic E-state index is -0.993. The molecule has 0 aliphatic carbocycles. The summed E-state index contributed by atoms with van der Waals surface area (Å²) in [5, 5.41) is 14.7. The maximum Gasteiger partial charge on any atom is 0.337 e. The molecule has 0 radical (unpaired) electrons. The normalized spacial score (nSPS) is 10.8. The first kappa shape index (κ1) is 19.2. The van der Waals surface area contributed by atoms with Crippen molar-refractivity contribution < 1.29 is 9.90 Å². The van der Waals surface area contributed by atoms with Gasteiger partial charge in [0, 0.05) is 16.1 Å². The number of halogens is 1. The smallest absolute Gasteiger partial charge is 0.337 e. The Bertz CT molecular complexity index is 1170. The Morgan fingerprint density at radius 2 is 1.76 bits per heavy atom. The van der Waals surface area contributed by atoms with E-state index >= 15 is 0 Å². The van der Waals surface area contributed by atoms with E-state index in [0.29, 0.717) is 22.1 Å². The molecule has 29 heavy (non-hydrogen) atoms. The Morgan fingerprint density at radius 1 is 1.03 bits per heavy atom. The number of pyridine rings is 1. The molecular formula is C22H16ClN3O2S. The van der Waals surface area contributed by atoms with Crippen LogP contribution in [0.5, 0.6) is 0 Å². The van der Waals surface area contributed by atoms with Crippen LogP contribution in [0, 0.1) is 6.92 Å². The summed E-state index contributed by atoms with van der Waals surface area (Å²) in [4.78, 5) is 17.7. The molecular weight excluding hydrogens is 406 g/mol. The molecule has 2 aromatic carbocycles. The van der Waals surface area contributed by atoms with E-state index in [9.17, 15) is 9.90 Å². The maximum atomic E-state index is 11.3. The summed E-state index contributed by atoms with van der Waals surface area (Å²) in [5.41, 5.74) is 2.87. The van der Waals surface area contributed by atoms with Gasteiger partial charge < -0.3 is 5.11 Å². The molecule has 2 heterocycles. The van der Waals surface area contributed by atoms with Crippen molar-refractivity contribution in [2.45, 2.75) is 16.7 Å². The van der Waals surface area contributed by atoms with Crippen molar-refractivity contribution in [2.75, 3.05) is 0 Å². The predicted molar refractivity (Wildman–Crippen MR) is 114 cm³/mol. The Balaban J connectivity index is 1.80. The van der Waals surface area contributed by atoms with Crippen molar-refractivity contribution >= 4 is 29.3 Å². The maximum absolute atomic E-state index is 11.3. The zero-order chi connectivity index (χ0) is 20.4. The van der Waals surface area contributed by atoms with Crippen LogP contribution >= 0.6 is 23.4 Å². The largest absolute Gasteiger partial charge is 0.478 e. The molecule has 4 rings (SSSR count). The second kappa shape index (κ2) is 8.11. The van der Waals surface area contributed by atoms with Gasteiger partial charge in [0.15, 0.2) is 0 Å². The van der Waals surface area contributed by atoms with Gasteiger partial charge in [-0.05, 0) is 55.5 Å². The highest BCUT2D eigenvalue weighted by Crippen LogP contribution is 2.36. The highest BCUT2D eigenvalue weighted by Gasteiger charge is 2.17. The first-order valence-corrected chi connectivity index (χ1v) is 10.0. The third-order valence-corrected chi connectivity index (χ3v) is 5.58. The van der Waals surface area contributed by atoms with Crippen LogP contribution in [0.3, 0.4) is 0 Å². The van der Waals surface area contributed by atoms with E-state index in [2.05, 4.69) is 4.98 Å². The van der Waals surface area contributed by atoms with Crippen LogP contribution < -0.4 is 0 Å². The Labute approximate surface area is 177 Å². The molecule has 0 unspecified atom stereocenters. The second-order valence-corrected chi connectivity index (χ2v) is 7.86. The van der Waals surface area contributed by atoms with Gasteiger partial charge in [-0.1, -0.05) is 41.6 Å². The quantitative estimate of drug-likeness (QED) is 0.444. The van der Waals surface area contributed by atoms with Gasteiger partial charge in [0.2, 0.25) is 0 Å². The van der Waals surface area contributed by atoms with Gasteiger partial charge in [0.1, 0.15) is 5.69 Å². The van der Waals surface area contributed by atoms with Crippen molar-refractivity contribution in [2.24, 2.45) is 0 Å². The monoisotopic (exact) mass is 421 g/mol. The van der Waals surface area contributed by atoms with E-state index in [1.54, 1.807) is 35.5 Å². The van der Waals surface area contributed by atoms with Crippen LogP contribution in [0.2, 0.25) is 5.02 Å². The van der Waals surface area contributed by atoms with E-state index < -0.39 is 5.97 Å². The first-order valence-electron chi connectivity index (χ1n) is 8.81. The molecule has 5 nitrogen and oxygen atoms in total. The number of aromatic carboxylic acids is 1. The molecule has 0 aliphatic heterocycles. The topological polar surface area (TPSA) is 68.0 Å². The minimum Gasteiger partial charge on any atom is -0.478 e. The summed E-state index contributed by atoms with van der Waals surface area (Å²) < 4.78 is 1.80. The lowest BCUT2D eigenvalue weighted by Crippen LogP contribution is -2.02. The molecule has 7 heteroatoms. The predicted octanol–water partition coefficient (Wildman–Crippen LogP) is 5.75. The molecule has 0 amide bonds. The van der Waals surface area contributed by atoms with E-state index in [-0.39, 0.29) is 5.56 Å². The summed E-state index contributed by atoms with van der Waals surface area (Å²) in [6.07, 6.45) is 1.95. The van der Waals surface area contributed by atoms with Crippen molar-refractivity contribution in [3.63, 3.8) is 0 Å². The lowest BCUT2D eigenvalue weighted by Gasteiger charge is -2.05. The standard InChI is InChI=1S/C22H16ClN3O2S/c1-14-18(22(27)28)11-12-19(24-14)21-20(29-17-9-7-15(23)8-10-17)13-26(25-21)16-5-3-2-4-6-16/h2-13H,1H3,(H,27,28). The number of carboxylic acids is 1. The van der Waals surface area contributed by atoms with Crippen LogP contribution in [0.25, 0.3) is 17.1 Å². The summed E-state index contributed by atoms with van der Waals surface area (Å²) in [7, 11) is 0. The highest BCUT2D eigenvalue weighted by atomic mass is 35.5. The Hall–Kier alpha value is -3.09. The molecule has 0 saturated heterocycles. The minimum absolute atomic E-state index is 0.183. The molecule has 0 saturated carbocycles. The van der Waals surface area contributed by atoms with Crippen molar-refractivity contribution in [3.8, 4) is 17.1 Å². The second-order valence-electron chi connectivity index (χ2n) is 6.31. The number of aryl methyl sites for hydroxylation is 1. The number of benzene rings is 2. The molecule has 1 N–H and O–H groups in total. The fourth-order valence-corrected chi connectivity index (χ4v) is 3.92. The van der Waals surface area contributed by atoms with Crippen LogP contribution in [-0.2, 0) is 0 Å². The third-order valence-electron chi connectivity index (χ3n) is 4.30. The molecule has 0 fully saturated rings. The molecule has 144 valence electrons. The fraction of sp³-hybridized carbons (Fsp3) is 0.0455. The van der Waals surface area contributed by atoms with Crippen LogP contribution in [0.15, 0.2) is 82.7 Å². The molecule has 0 spiro atoms. The zero-order valence-corrected chi connectivity index (χ0v) is 17.0. The van der Waals surface area contributed by atoms with E-state index in [1.807, 2.05) is 60.8 Å². The van der Waals surface area contributed by atoms with Crippen LogP contribution in [0.4, 0.5) is 0 Å². The molecule has 2 aromatic heterocycles. The van der Waals surface area contributed by atoms with Crippen molar-refractivity contribution in [3.05, 3.63) is 89.2 Å². The molecule has 0 aliphatic rings. The third kappa shape index (κ3) is 4.18. The van der Waals surface area contributed by atoms with Gasteiger partial charge >= 0.3 is 5.97 Å². The lowest BCUT2D eigenvalue weighted by molar-refractivity contribution is 0.0695. The first-order chi connectivity index (χ1) is 14.0. The summed E-state index contributed by atoms with van der Waals surface area (Å²) in [6, 6.07) is 20.6. The molecule has 0 atom stereocenters. The highest BCUT2D eigenvalue weighted by molar-refractivity contribution is 7.99. The van der Waals surface area contributed by atoms with E-state index in [0.717, 1.165) is 15.5 Å². The lowest BCUT2D eigenvalue weighted by atomic mass is 10.1.